The molecule has 1 N–H and O–H groups in total. The second kappa shape index (κ2) is 7.01. The first-order valence-electron chi connectivity index (χ1n) is 6.71. The molecule has 0 spiro atoms. The molecule has 108 valence electrons. The van der Waals surface area contributed by atoms with E-state index in [9.17, 15) is 0 Å². The normalized spacial score (nSPS) is 11.5. The van der Waals surface area contributed by atoms with Crippen molar-refractivity contribution in [2.75, 3.05) is 12.4 Å². The monoisotopic (exact) mass is 300 g/mol. The molecule has 0 fully saturated rings. The number of methoxy groups -OCH3 is 1. The van der Waals surface area contributed by atoms with E-state index in [1.807, 2.05) is 18.2 Å². The average molecular weight is 301 g/mol. The zero-order valence-electron chi connectivity index (χ0n) is 12.1. The number of rotatable bonds is 5. The van der Waals surface area contributed by atoms with Crippen molar-refractivity contribution in [2.24, 2.45) is 0 Å². The fourth-order valence-electron chi connectivity index (χ4n) is 2.15. The molecule has 0 amide bonds. The van der Waals surface area contributed by atoms with Crippen molar-refractivity contribution in [1.29, 1.82) is 5.26 Å². The van der Waals surface area contributed by atoms with Gasteiger partial charge in [-0.2, -0.15) is 5.26 Å². The predicted molar refractivity (Wildman–Crippen MR) is 85.9 cm³/mol. The van der Waals surface area contributed by atoms with E-state index in [1.165, 1.54) is 5.56 Å². The maximum absolute atomic E-state index is 8.99. The van der Waals surface area contributed by atoms with Crippen LogP contribution < -0.4 is 10.1 Å². The van der Waals surface area contributed by atoms with Crippen LogP contribution in [0.2, 0.25) is 5.02 Å². The van der Waals surface area contributed by atoms with Gasteiger partial charge in [-0.15, -0.1) is 0 Å². The number of hydrogen-bond donors (Lipinski definition) is 1. The summed E-state index contributed by atoms with van der Waals surface area (Å²) in [6.45, 7) is 2.10. The summed E-state index contributed by atoms with van der Waals surface area (Å²) in [6, 6.07) is 15.7. The Balaban J connectivity index is 2.01. The molecule has 0 aliphatic heterocycles. The van der Waals surface area contributed by atoms with Gasteiger partial charge in [0.2, 0.25) is 0 Å². The molecule has 2 aromatic carbocycles. The smallest absolute Gasteiger partial charge is 0.118 e. The van der Waals surface area contributed by atoms with Crippen LogP contribution in [-0.2, 0) is 6.42 Å². The van der Waals surface area contributed by atoms with E-state index in [0.29, 0.717) is 10.6 Å². The van der Waals surface area contributed by atoms with Crippen LogP contribution in [0.15, 0.2) is 42.5 Å². The van der Waals surface area contributed by atoms with Gasteiger partial charge >= 0.3 is 0 Å². The van der Waals surface area contributed by atoms with E-state index in [4.69, 9.17) is 21.6 Å². The van der Waals surface area contributed by atoms with Crippen molar-refractivity contribution in [1.82, 2.24) is 0 Å². The summed E-state index contributed by atoms with van der Waals surface area (Å²) >= 11 is 5.93. The highest BCUT2D eigenvalue weighted by molar-refractivity contribution is 6.31. The molecule has 0 aliphatic carbocycles. The maximum atomic E-state index is 8.99. The molecule has 1 atom stereocenters. The van der Waals surface area contributed by atoms with Crippen LogP contribution in [0.3, 0.4) is 0 Å². The second-order valence-electron chi connectivity index (χ2n) is 4.90. The number of hydrogen-bond acceptors (Lipinski definition) is 3. The molecule has 0 aliphatic rings. The van der Waals surface area contributed by atoms with Crippen LogP contribution in [-0.4, -0.2) is 13.2 Å². The maximum Gasteiger partial charge on any atom is 0.118 e. The van der Waals surface area contributed by atoms with E-state index in [0.717, 1.165) is 17.9 Å². The molecule has 1 unspecified atom stereocenters. The van der Waals surface area contributed by atoms with Gasteiger partial charge in [0.25, 0.3) is 0 Å². The summed E-state index contributed by atoms with van der Waals surface area (Å²) < 4.78 is 5.15. The van der Waals surface area contributed by atoms with Gasteiger partial charge in [0, 0.05) is 11.7 Å². The number of nitrogens with one attached hydrogen (secondary N) is 1. The lowest BCUT2D eigenvalue weighted by Gasteiger charge is -2.16. The van der Waals surface area contributed by atoms with Crippen molar-refractivity contribution in [2.45, 2.75) is 19.4 Å². The van der Waals surface area contributed by atoms with E-state index >= 15 is 0 Å². The Morgan fingerprint density at radius 1 is 1.24 bits per heavy atom. The number of benzene rings is 2. The summed E-state index contributed by atoms with van der Waals surface area (Å²) in [5, 5.41) is 12.8. The van der Waals surface area contributed by atoms with Crippen LogP contribution in [0.1, 0.15) is 18.1 Å². The lowest BCUT2D eigenvalue weighted by molar-refractivity contribution is 0.414. The minimum Gasteiger partial charge on any atom is -0.497 e. The van der Waals surface area contributed by atoms with Gasteiger partial charge < -0.3 is 10.1 Å². The molecule has 0 aromatic heterocycles. The molecule has 0 heterocycles. The fraction of sp³-hybridized carbons (Fsp3) is 0.235. The van der Waals surface area contributed by atoms with Gasteiger partial charge in [-0.1, -0.05) is 23.7 Å². The van der Waals surface area contributed by atoms with Crippen molar-refractivity contribution < 1.29 is 4.74 Å². The van der Waals surface area contributed by atoms with Gasteiger partial charge in [0.05, 0.1) is 17.7 Å². The molecule has 0 saturated heterocycles. The largest absolute Gasteiger partial charge is 0.497 e. The molecule has 0 bridgehead atoms. The van der Waals surface area contributed by atoms with Gasteiger partial charge in [0.15, 0.2) is 0 Å². The molecule has 2 rings (SSSR count). The highest BCUT2D eigenvalue weighted by Gasteiger charge is 2.06. The van der Waals surface area contributed by atoms with Crippen molar-refractivity contribution in [3.63, 3.8) is 0 Å². The number of halogens is 1. The first kappa shape index (κ1) is 15.2. The van der Waals surface area contributed by atoms with Crippen LogP contribution in [0.25, 0.3) is 0 Å². The minimum atomic E-state index is 0.242. The molecule has 0 radical (unpaired) electrons. The summed E-state index contributed by atoms with van der Waals surface area (Å²) in [7, 11) is 1.66. The van der Waals surface area contributed by atoms with Crippen molar-refractivity contribution >= 4 is 17.3 Å². The van der Waals surface area contributed by atoms with Gasteiger partial charge in [-0.3, -0.25) is 0 Å². The summed E-state index contributed by atoms with van der Waals surface area (Å²) in [5.41, 5.74) is 2.61. The molecule has 3 nitrogen and oxygen atoms in total. The highest BCUT2D eigenvalue weighted by atomic mass is 35.5. The lowest BCUT2D eigenvalue weighted by Crippen LogP contribution is -2.18. The van der Waals surface area contributed by atoms with E-state index < -0.39 is 0 Å². The van der Waals surface area contributed by atoms with Gasteiger partial charge in [-0.25, -0.2) is 0 Å². The van der Waals surface area contributed by atoms with Crippen LogP contribution in [0, 0.1) is 11.3 Å². The Kier molecular flexibility index (Phi) is 5.08. The lowest BCUT2D eigenvalue weighted by atomic mass is 10.1. The number of nitriles is 1. The third-order valence-electron chi connectivity index (χ3n) is 3.20. The third-order valence-corrected chi connectivity index (χ3v) is 3.53. The number of ether oxygens (including phenoxy) is 1. The fourth-order valence-corrected chi connectivity index (χ4v) is 2.31. The van der Waals surface area contributed by atoms with Gasteiger partial charge in [-0.05, 0) is 49.2 Å². The molecule has 0 saturated carbocycles. The molecular weight excluding hydrogens is 284 g/mol. The quantitative estimate of drug-likeness (QED) is 0.897. The van der Waals surface area contributed by atoms with Crippen LogP contribution in [0.5, 0.6) is 5.75 Å². The first-order chi connectivity index (χ1) is 10.1. The Hall–Kier alpha value is -2.18. The van der Waals surface area contributed by atoms with E-state index in [-0.39, 0.29) is 6.04 Å². The highest BCUT2D eigenvalue weighted by Crippen LogP contribution is 2.21. The summed E-state index contributed by atoms with van der Waals surface area (Å²) in [5.74, 6) is 0.857. The van der Waals surface area contributed by atoms with Gasteiger partial charge in [0.1, 0.15) is 11.8 Å². The Morgan fingerprint density at radius 3 is 2.57 bits per heavy atom. The summed E-state index contributed by atoms with van der Waals surface area (Å²) in [6.07, 6.45) is 0.883. The Morgan fingerprint density at radius 2 is 1.95 bits per heavy atom. The Labute approximate surface area is 130 Å². The van der Waals surface area contributed by atoms with E-state index in [1.54, 1.807) is 19.2 Å². The first-order valence-corrected chi connectivity index (χ1v) is 7.09. The van der Waals surface area contributed by atoms with Crippen molar-refractivity contribution in [3.8, 4) is 11.8 Å². The van der Waals surface area contributed by atoms with Crippen LogP contribution in [0.4, 0.5) is 5.69 Å². The van der Waals surface area contributed by atoms with Crippen LogP contribution >= 0.6 is 11.6 Å². The molecular formula is C17H17ClN2O. The second-order valence-corrected chi connectivity index (χ2v) is 5.31. The molecule has 4 heteroatoms. The minimum absolute atomic E-state index is 0.242. The zero-order valence-corrected chi connectivity index (χ0v) is 12.8. The molecule has 21 heavy (non-hydrogen) atoms. The average Bonchev–Trinajstić information content (AvgIpc) is 2.50. The summed E-state index contributed by atoms with van der Waals surface area (Å²) in [4.78, 5) is 0. The standard InChI is InChI=1S/C17H17ClN2O/c1-12(9-13-3-6-16(21-2)7-4-13)20-15-5-8-17(18)14(10-15)11-19/h3-8,10,12,20H,9H2,1-2H3. The van der Waals surface area contributed by atoms with E-state index in [2.05, 4.69) is 30.4 Å². The SMILES string of the molecule is COc1ccc(CC(C)Nc2ccc(Cl)c(C#N)c2)cc1. The Bertz CT molecular complexity index is 647. The number of anilines is 1. The third kappa shape index (κ3) is 4.14. The van der Waals surface area contributed by atoms with Crippen molar-refractivity contribution in [3.05, 3.63) is 58.6 Å². The topological polar surface area (TPSA) is 45.0 Å². The number of nitrogens with zero attached hydrogens (tertiary/aromatic N) is 1. The molecule has 2 aromatic rings. The predicted octanol–water partition coefficient (Wildman–Crippen LogP) is 4.26. The zero-order chi connectivity index (χ0) is 15.2.